The van der Waals surface area contributed by atoms with Crippen molar-refractivity contribution in [2.75, 3.05) is 6.61 Å². The number of allylic oxidation sites excluding steroid dienone is 4. The molecule has 4 nitrogen and oxygen atoms in total. The molecule has 1 aliphatic heterocycles. The lowest BCUT2D eigenvalue weighted by Gasteiger charge is -2.21. The smallest absolute Gasteiger partial charge is 0.487 e. The Morgan fingerprint density at radius 2 is 2.15 bits per heavy atom. The van der Waals surface area contributed by atoms with Crippen LogP contribution >= 0.6 is 0 Å². The zero-order valence-corrected chi connectivity index (χ0v) is 15.3. The molecule has 0 spiro atoms. The lowest BCUT2D eigenvalue weighted by Crippen LogP contribution is -2.35. The second kappa shape index (κ2) is 9.18. The Hall–Kier alpha value is -2.62. The molecular formula is C19H23BF2N3O+. The minimum absolute atomic E-state index is 0.146. The van der Waals surface area contributed by atoms with Crippen molar-refractivity contribution in [1.82, 2.24) is 4.81 Å². The van der Waals surface area contributed by atoms with E-state index >= 15 is 0 Å². The number of ether oxygens (including phenoxy) is 1. The number of aromatic nitrogens is 1. The fourth-order valence-electron chi connectivity index (χ4n) is 2.75. The Balaban J connectivity index is 2.41. The third-order valence-corrected chi connectivity index (χ3v) is 4.03. The number of pyridine rings is 1. The lowest BCUT2D eigenvalue weighted by molar-refractivity contribution is -0.674. The van der Waals surface area contributed by atoms with E-state index in [1.54, 1.807) is 30.0 Å². The van der Waals surface area contributed by atoms with Crippen LogP contribution in [0.5, 0.6) is 5.75 Å². The average molecular weight is 358 g/mol. The predicted octanol–water partition coefficient (Wildman–Crippen LogP) is 3.87. The molecule has 0 bridgehead atoms. The second-order valence-corrected chi connectivity index (χ2v) is 6.47. The summed E-state index contributed by atoms with van der Waals surface area (Å²) in [5.41, 5.74) is 0.784. The van der Waals surface area contributed by atoms with Crippen molar-refractivity contribution in [2.24, 2.45) is 13.0 Å². The van der Waals surface area contributed by atoms with Gasteiger partial charge in [-0.1, -0.05) is 19.9 Å². The van der Waals surface area contributed by atoms with Crippen molar-refractivity contribution in [3.63, 3.8) is 0 Å². The summed E-state index contributed by atoms with van der Waals surface area (Å²) in [6.07, 6.45) is 9.62. The highest BCUT2D eigenvalue weighted by Crippen LogP contribution is 2.29. The van der Waals surface area contributed by atoms with Gasteiger partial charge in [-0.25, -0.2) is 0 Å². The molecule has 1 aromatic heterocycles. The molecule has 0 amide bonds. The van der Waals surface area contributed by atoms with Gasteiger partial charge >= 0.3 is 7.40 Å². The number of nitrogens with zero attached hydrogens (tertiary/aromatic N) is 3. The highest BCUT2D eigenvalue weighted by atomic mass is 19.2. The molecule has 2 heterocycles. The summed E-state index contributed by atoms with van der Waals surface area (Å²) in [4.78, 5) is 0.786. The monoisotopic (exact) mass is 358 g/mol. The van der Waals surface area contributed by atoms with Crippen molar-refractivity contribution < 1.29 is 17.9 Å². The van der Waals surface area contributed by atoms with Crippen LogP contribution in [0.1, 0.15) is 32.4 Å². The summed E-state index contributed by atoms with van der Waals surface area (Å²) >= 11 is 0. The topological polar surface area (TPSA) is 40.1 Å². The van der Waals surface area contributed by atoms with Crippen LogP contribution in [-0.2, 0) is 7.05 Å². The maximum absolute atomic E-state index is 13.4. The van der Waals surface area contributed by atoms with Gasteiger partial charge < -0.3 is 9.55 Å². The summed E-state index contributed by atoms with van der Waals surface area (Å²) in [6, 6.07) is 5.65. The molecule has 26 heavy (non-hydrogen) atoms. The summed E-state index contributed by atoms with van der Waals surface area (Å²) in [7, 11) is -0.970. The molecule has 1 aliphatic rings. The Bertz CT molecular complexity index is 767. The molecule has 0 unspecified atom stereocenters. The van der Waals surface area contributed by atoms with Crippen LogP contribution in [-0.4, -0.2) is 18.8 Å². The minimum atomic E-state index is -2.74. The van der Waals surface area contributed by atoms with Crippen molar-refractivity contribution in [1.29, 1.82) is 5.26 Å². The van der Waals surface area contributed by atoms with Gasteiger partial charge in [0.1, 0.15) is 13.1 Å². The first kappa shape index (κ1) is 19.7. The quantitative estimate of drug-likeness (QED) is 0.322. The number of nitriles is 1. The molecule has 7 heteroatoms. The molecule has 0 aliphatic carbocycles. The van der Waals surface area contributed by atoms with Crippen LogP contribution < -0.4 is 9.30 Å². The highest BCUT2D eigenvalue weighted by molar-refractivity contribution is 6.40. The molecule has 1 aromatic rings. The largest absolute Gasteiger partial charge is 0.677 e. The number of aryl methyl sites for hydroxylation is 1. The zero-order chi connectivity index (χ0) is 19.1. The van der Waals surface area contributed by atoms with E-state index in [2.05, 4.69) is 19.9 Å². The van der Waals surface area contributed by atoms with Crippen LogP contribution in [0.15, 0.2) is 48.5 Å². The molecule has 136 valence electrons. The van der Waals surface area contributed by atoms with Crippen LogP contribution in [0.25, 0.3) is 5.57 Å². The van der Waals surface area contributed by atoms with E-state index in [0.29, 0.717) is 24.0 Å². The Morgan fingerprint density at radius 1 is 1.38 bits per heavy atom. The van der Waals surface area contributed by atoms with Crippen LogP contribution in [0.4, 0.5) is 8.63 Å². The number of halogens is 2. The first-order chi connectivity index (χ1) is 12.5. The van der Waals surface area contributed by atoms with Crippen molar-refractivity contribution in [2.45, 2.75) is 26.7 Å². The number of hydrogen-bond acceptors (Lipinski definition) is 3. The fraction of sp³-hybridized carbons (Fsp3) is 0.368. The van der Waals surface area contributed by atoms with E-state index < -0.39 is 7.40 Å². The summed E-state index contributed by atoms with van der Waals surface area (Å²) < 4.78 is 34.3. The van der Waals surface area contributed by atoms with E-state index in [-0.39, 0.29) is 11.3 Å². The van der Waals surface area contributed by atoms with E-state index in [9.17, 15) is 13.9 Å². The summed E-state index contributed by atoms with van der Waals surface area (Å²) in [5, 5.41) is 9.72. The fourth-order valence-corrected chi connectivity index (χ4v) is 2.75. The van der Waals surface area contributed by atoms with E-state index in [4.69, 9.17) is 4.74 Å². The normalized spacial score (nSPS) is 15.2. The first-order valence-corrected chi connectivity index (χ1v) is 8.63. The Labute approximate surface area is 153 Å². The van der Waals surface area contributed by atoms with E-state index in [1.807, 2.05) is 6.07 Å². The van der Waals surface area contributed by atoms with Gasteiger partial charge in [0.15, 0.2) is 17.5 Å². The highest BCUT2D eigenvalue weighted by Gasteiger charge is 2.31. The van der Waals surface area contributed by atoms with E-state index in [1.165, 1.54) is 18.4 Å². The van der Waals surface area contributed by atoms with Gasteiger partial charge in [0.05, 0.1) is 12.3 Å². The van der Waals surface area contributed by atoms with Crippen molar-refractivity contribution in [3.8, 4) is 11.8 Å². The average Bonchev–Trinajstić information content (AvgIpc) is 2.61. The third-order valence-electron chi connectivity index (χ3n) is 4.03. The zero-order valence-electron chi connectivity index (χ0n) is 15.3. The van der Waals surface area contributed by atoms with Gasteiger partial charge in [-0.05, 0) is 43.2 Å². The molecule has 0 saturated carbocycles. The molecule has 0 atom stereocenters. The molecular weight excluding hydrogens is 335 g/mol. The second-order valence-electron chi connectivity index (χ2n) is 6.47. The molecule has 0 N–H and O–H groups in total. The van der Waals surface area contributed by atoms with Gasteiger partial charge in [0.25, 0.3) is 5.69 Å². The van der Waals surface area contributed by atoms with Crippen LogP contribution in [0.2, 0.25) is 0 Å². The Morgan fingerprint density at radius 3 is 2.81 bits per heavy atom. The van der Waals surface area contributed by atoms with Gasteiger partial charge in [0, 0.05) is 6.07 Å². The maximum Gasteiger partial charge on any atom is 0.677 e. The van der Waals surface area contributed by atoms with Crippen molar-refractivity contribution in [3.05, 3.63) is 54.1 Å². The Kier molecular flexibility index (Phi) is 6.96. The standard InChI is InChI=1S/C19H23BF2N3O/c1-15(2)8-7-13-26-18-10-6-11-24(3)19(18)16(14-23)17-9-4-5-12-25(17)20(21)22/h4-6,9-12,15H,7-8,13H2,1-3H3/q+1. The van der Waals surface area contributed by atoms with Gasteiger partial charge in [-0.15, -0.1) is 0 Å². The summed E-state index contributed by atoms with van der Waals surface area (Å²) in [6.45, 7) is 4.81. The van der Waals surface area contributed by atoms with Gasteiger partial charge in [-0.2, -0.15) is 9.83 Å². The van der Waals surface area contributed by atoms with Crippen LogP contribution in [0.3, 0.4) is 0 Å². The number of rotatable bonds is 7. The SMILES string of the molecule is CC(C)CCCOc1ccc[n+](C)c1C(C#N)=C1C=CC=CN1B(F)F. The number of hydrogen-bond donors (Lipinski definition) is 0. The van der Waals surface area contributed by atoms with Gasteiger partial charge in [-0.3, -0.25) is 8.63 Å². The van der Waals surface area contributed by atoms with E-state index in [0.717, 1.165) is 17.7 Å². The molecule has 2 rings (SSSR count). The molecule has 0 fully saturated rings. The van der Waals surface area contributed by atoms with Crippen LogP contribution in [0, 0.1) is 17.2 Å². The molecule has 0 saturated heterocycles. The molecule has 0 radical (unpaired) electrons. The maximum atomic E-state index is 13.4. The predicted molar refractivity (Wildman–Crippen MR) is 97.8 cm³/mol. The third kappa shape index (κ3) is 4.72. The minimum Gasteiger partial charge on any atom is -0.487 e. The van der Waals surface area contributed by atoms with Crippen molar-refractivity contribution >= 4 is 13.0 Å². The molecule has 0 aromatic carbocycles. The van der Waals surface area contributed by atoms with Gasteiger partial charge in [0.2, 0.25) is 0 Å². The first-order valence-electron chi connectivity index (χ1n) is 8.63. The lowest BCUT2D eigenvalue weighted by atomic mass is 10.0. The summed E-state index contributed by atoms with van der Waals surface area (Å²) in [5.74, 6) is 1.10.